The van der Waals surface area contributed by atoms with Gasteiger partial charge in [-0.1, -0.05) is 36.4 Å². The lowest BCUT2D eigenvalue weighted by molar-refractivity contribution is -0.118. The van der Waals surface area contributed by atoms with E-state index in [9.17, 15) is 4.79 Å². The minimum atomic E-state index is 0.116. The van der Waals surface area contributed by atoms with Crippen LogP contribution in [0.15, 0.2) is 36.4 Å². The van der Waals surface area contributed by atoms with E-state index in [2.05, 4.69) is 18.0 Å². The van der Waals surface area contributed by atoms with Gasteiger partial charge >= 0.3 is 0 Å². The molecule has 1 aromatic rings. The highest BCUT2D eigenvalue weighted by Gasteiger charge is 2.39. The summed E-state index contributed by atoms with van der Waals surface area (Å²) in [5.41, 5.74) is 1.99. The van der Waals surface area contributed by atoms with Crippen molar-refractivity contribution in [2.75, 3.05) is 7.05 Å². The maximum atomic E-state index is 12.3. The van der Waals surface area contributed by atoms with Crippen LogP contribution < -0.4 is 0 Å². The van der Waals surface area contributed by atoms with E-state index in [4.69, 9.17) is 0 Å². The van der Waals surface area contributed by atoms with E-state index in [1.165, 1.54) is 0 Å². The molecule has 0 saturated carbocycles. The summed E-state index contributed by atoms with van der Waals surface area (Å²) in [5, 5.41) is 0. The van der Waals surface area contributed by atoms with E-state index < -0.39 is 0 Å². The molecule has 0 spiro atoms. The lowest BCUT2D eigenvalue weighted by Gasteiger charge is -2.29. The second kappa shape index (κ2) is 3.56. The first-order chi connectivity index (χ1) is 7.77. The van der Waals surface area contributed by atoms with Gasteiger partial charge in [-0.2, -0.15) is 0 Å². The predicted octanol–water partition coefficient (Wildman–Crippen LogP) is 2.12. The standard InChI is InChI=1S/C14H15NO/c1-15-11-7-8-13(15)14(16)12(9-11)10-5-3-2-4-6-10/h2-6,9,11,13H,7-8H2,1H3. The fourth-order valence-corrected chi connectivity index (χ4v) is 2.79. The SMILES string of the molecule is CN1C2C=C(c3ccccc3)C(=O)C1CC2. The first kappa shape index (κ1) is 9.79. The third-order valence-corrected chi connectivity index (χ3v) is 3.76. The molecule has 2 unspecified atom stereocenters. The molecule has 2 aliphatic rings. The first-order valence-corrected chi connectivity index (χ1v) is 5.81. The van der Waals surface area contributed by atoms with Gasteiger partial charge in [0, 0.05) is 11.6 Å². The Morgan fingerprint density at radius 2 is 1.94 bits per heavy atom. The van der Waals surface area contributed by atoms with E-state index in [1.54, 1.807) is 0 Å². The van der Waals surface area contributed by atoms with Gasteiger partial charge < -0.3 is 0 Å². The number of Topliss-reactive ketones (excluding diaryl/α,β-unsaturated/α-hetero) is 1. The summed E-state index contributed by atoms with van der Waals surface area (Å²) < 4.78 is 0. The molecule has 2 heteroatoms. The highest BCUT2D eigenvalue weighted by molar-refractivity contribution is 6.24. The average Bonchev–Trinajstić information content (AvgIpc) is 2.57. The number of hydrogen-bond donors (Lipinski definition) is 0. The van der Waals surface area contributed by atoms with Crippen molar-refractivity contribution in [3.63, 3.8) is 0 Å². The van der Waals surface area contributed by atoms with Crippen molar-refractivity contribution in [1.82, 2.24) is 4.90 Å². The molecule has 82 valence electrons. The lowest BCUT2D eigenvalue weighted by atomic mass is 9.94. The second-order valence-corrected chi connectivity index (χ2v) is 4.64. The predicted molar refractivity (Wildman–Crippen MR) is 64.0 cm³/mol. The molecule has 2 heterocycles. The Hall–Kier alpha value is -1.41. The molecule has 0 N–H and O–H groups in total. The zero-order chi connectivity index (χ0) is 11.1. The van der Waals surface area contributed by atoms with Crippen molar-refractivity contribution in [2.24, 2.45) is 0 Å². The van der Waals surface area contributed by atoms with Crippen LogP contribution in [0.25, 0.3) is 5.57 Å². The Labute approximate surface area is 95.6 Å². The molecule has 2 aliphatic heterocycles. The second-order valence-electron chi connectivity index (χ2n) is 4.64. The molecule has 0 radical (unpaired) electrons. The van der Waals surface area contributed by atoms with Gasteiger partial charge in [-0.3, -0.25) is 9.69 Å². The van der Waals surface area contributed by atoms with Crippen molar-refractivity contribution in [3.8, 4) is 0 Å². The molecule has 1 saturated heterocycles. The monoisotopic (exact) mass is 213 g/mol. The zero-order valence-corrected chi connectivity index (χ0v) is 9.39. The molecule has 16 heavy (non-hydrogen) atoms. The number of carbonyl (C=O) groups is 1. The summed E-state index contributed by atoms with van der Waals surface area (Å²) in [6.07, 6.45) is 4.26. The van der Waals surface area contributed by atoms with Gasteiger partial charge in [0.2, 0.25) is 0 Å². The minimum Gasteiger partial charge on any atom is -0.292 e. The van der Waals surface area contributed by atoms with Crippen LogP contribution in [-0.2, 0) is 4.79 Å². The van der Waals surface area contributed by atoms with Gasteiger partial charge in [-0.25, -0.2) is 0 Å². The fourth-order valence-electron chi connectivity index (χ4n) is 2.79. The minimum absolute atomic E-state index is 0.116. The largest absolute Gasteiger partial charge is 0.292 e. The lowest BCUT2D eigenvalue weighted by Crippen LogP contribution is -2.41. The van der Waals surface area contributed by atoms with Crippen LogP contribution in [-0.4, -0.2) is 29.8 Å². The quantitative estimate of drug-likeness (QED) is 0.712. The van der Waals surface area contributed by atoms with Gasteiger partial charge in [0.15, 0.2) is 5.78 Å². The fraction of sp³-hybridized carbons (Fsp3) is 0.357. The Morgan fingerprint density at radius 1 is 1.19 bits per heavy atom. The third-order valence-electron chi connectivity index (χ3n) is 3.76. The molecule has 1 aromatic carbocycles. The van der Waals surface area contributed by atoms with E-state index >= 15 is 0 Å². The molecule has 0 aromatic heterocycles. The molecule has 0 amide bonds. The molecule has 1 fully saturated rings. The number of rotatable bonds is 1. The topological polar surface area (TPSA) is 20.3 Å². The average molecular weight is 213 g/mol. The first-order valence-electron chi connectivity index (χ1n) is 5.81. The third kappa shape index (κ3) is 1.34. The zero-order valence-electron chi connectivity index (χ0n) is 9.39. The van der Waals surface area contributed by atoms with Crippen LogP contribution in [0.5, 0.6) is 0 Å². The number of benzene rings is 1. The molecule has 3 rings (SSSR count). The van der Waals surface area contributed by atoms with Crippen LogP contribution in [0.1, 0.15) is 18.4 Å². The van der Waals surface area contributed by atoms with Gasteiger partial charge in [-0.05, 0) is 25.5 Å². The van der Waals surface area contributed by atoms with E-state index in [0.717, 1.165) is 24.0 Å². The summed E-state index contributed by atoms with van der Waals surface area (Å²) in [4.78, 5) is 14.5. The van der Waals surface area contributed by atoms with Crippen molar-refractivity contribution >= 4 is 11.4 Å². The molecule has 2 bridgehead atoms. The molecular formula is C14H15NO. The van der Waals surface area contributed by atoms with Crippen molar-refractivity contribution in [1.29, 1.82) is 0 Å². The Bertz CT molecular complexity index is 449. The summed E-state index contributed by atoms with van der Waals surface area (Å²) in [5.74, 6) is 0.294. The highest BCUT2D eigenvalue weighted by atomic mass is 16.1. The van der Waals surface area contributed by atoms with Crippen LogP contribution >= 0.6 is 0 Å². The van der Waals surface area contributed by atoms with Gasteiger partial charge in [0.1, 0.15) is 0 Å². The Morgan fingerprint density at radius 3 is 2.69 bits per heavy atom. The van der Waals surface area contributed by atoms with Gasteiger partial charge in [0.25, 0.3) is 0 Å². The molecule has 2 atom stereocenters. The number of fused-ring (bicyclic) bond motifs is 2. The number of ketones is 1. The molecule has 0 aliphatic carbocycles. The van der Waals surface area contributed by atoms with Crippen molar-refractivity contribution < 1.29 is 4.79 Å². The van der Waals surface area contributed by atoms with E-state index in [-0.39, 0.29) is 6.04 Å². The summed E-state index contributed by atoms with van der Waals surface area (Å²) in [6.45, 7) is 0. The normalized spacial score (nSPS) is 29.3. The van der Waals surface area contributed by atoms with E-state index in [1.807, 2.05) is 30.3 Å². The van der Waals surface area contributed by atoms with Crippen molar-refractivity contribution in [3.05, 3.63) is 42.0 Å². The smallest absolute Gasteiger partial charge is 0.180 e. The van der Waals surface area contributed by atoms with Crippen molar-refractivity contribution in [2.45, 2.75) is 24.9 Å². The Kier molecular flexibility index (Phi) is 2.18. The number of nitrogens with zero attached hydrogens (tertiary/aromatic N) is 1. The molecular weight excluding hydrogens is 198 g/mol. The van der Waals surface area contributed by atoms with Crippen LogP contribution in [0.4, 0.5) is 0 Å². The van der Waals surface area contributed by atoms with Gasteiger partial charge in [0.05, 0.1) is 6.04 Å². The Balaban J connectivity index is 2.04. The maximum Gasteiger partial charge on any atom is 0.180 e. The van der Waals surface area contributed by atoms with Crippen LogP contribution in [0.3, 0.4) is 0 Å². The maximum absolute atomic E-state index is 12.3. The summed E-state index contributed by atoms with van der Waals surface area (Å²) in [6, 6.07) is 10.6. The summed E-state index contributed by atoms with van der Waals surface area (Å²) >= 11 is 0. The highest BCUT2D eigenvalue weighted by Crippen LogP contribution is 2.34. The number of hydrogen-bond acceptors (Lipinski definition) is 2. The summed E-state index contributed by atoms with van der Waals surface area (Å²) in [7, 11) is 2.05. The van der Waals surface area contributed by atoms with Crippen LogP contribution in [0, 0.1) is 0 Å². The number of carbonyl (C=O) groups excluding carboxylic acids is 1. The number of likely N-dealkylation sites (N-methyl/N-ethyl adjacent to an activating group) is 1. The van der Waals surface area contributed by atoms with E-state index in [0.29, 0.717) is 11.8 Å². The van der Waals surface area contributed by atoms with Crippen LogP contribution in [0.2, 0.25) is 0 Å². The molecule has 2 nitrogen and oxygen atoms in total. The van der Waals surface area contributed by atoms with Gasteiger partial charge in [-0.15, -0.1) is 0 Å².